The van der Waals surface area contributed by atoms with E-state index in [1.54, 1.807) is 57.7 Å². The molecule has 88 valence electrons. The molecule has 0 amide bonds. The summed E-state index contributed by atoms with van der Waals surface area (Å²) in [6.07, 6.45) is 3.59. The van der Waals surface area contributed by atoms with E-state index in [0.29, 0.717) is 0 Å². The summed E-state index contributed by atoms with van der Waals surface area (Å²) in [5.74, 6) is 0. The Morgan fingerprint density at radius 3 is 1.56 bits per heavy atom. The molecule has 0 aromatic carbocycles. The van der Waals surface area contributed by atoms with E-state index in [0.717, 1.165) is 29.7 Å². The molecule has 0 bridgehead atoms. The zero-order valence-corrected chi connectivity index (χ0v) is 12.0. The molecular weight excluding hydrogens is 304 g/mol. The Bertz CT molecular complexity index is 686. The number of aromatic nitrogens is 4. The largest absolute Gasteiger partial charge is 0.242 e. The van der Waals surface area contributed by atoms with Gasteiger partial charge in [-0.05, 0) is 0 Å². The topological polar surface area (TPSA) is 51.6 Å². The Balaban J connectivity index is 1.82. The van der Waals surface area contributed by atoms with Gasteiger partial charge in [0.05, 0.1) is 0 Å². The third-order valence-corrected chi connectivity index (χ3v) is 6.07. The minimum absolute atomic E-state index is 0.949. The van der Waals surface area contributed by atoms with Crippen LogP contribution in [0.3, 0.4) is 0 Å². The van der Waals surface area contributed by atoms with E-state index in [1.165, 1.54) is 0 Å². The van der Waals surface area contributed by atoms with Crippen molar-refractivity contribution in [3.63, 3.8) is 0 Å². The van der Waals surface area contributed by atoms with Crippen molar-refractivity contribution in [1.29, 1.82) is 0 Å². The summed E-state index contributed by atoms with van der Waals surface area (Å²) < 4.78 is 0. The highest BCUT2D eigenvalue weighted by atomic mass is 32.1. The molecule has 0 radical (unpaired) electrons. The van der Waals surface area contributed by atoms with E-state index >= 15 is 0 Å². The summed E-state index contributed by atoms with van der Waals surface area (Å²) in [4.78, 5) is 19.6. The molecule has 4 aromatic rings. The van der Waals surface area contributed by atoms with Gasteiger partial charge in [0.1, 0.15) is 0 Å². The first-order valence-corrected chi connectivity index (χ1v) is 8.36. The molecule has 4 nitrogen and oxygen atoms in total. The molecule has 0 spiro atoms. The predicted octanol–water partition coefficient (Wildman–Crippen LogP) is 4.00. The van der Waals surface area contributed by atoms with Crippen LogP contribution in [0.5, 0.6) is 0 Å². The Hall–Kier alpha value is -1.22. The highest BCUT2D eigenvalue weighted by Gasteiger charge is 2.14. The van der Waals surface area contributed by atoms with Crippen LogP contribution in [0.15, 0.2) is 23.2 Å². The molecule has 8 heteroatoms. The third kappa shape index (κ3) is 1.69. The fraction of sp³-hybridized carbons (Fsp3) is 0. The van der Waals surface area contributed by atoms with Crippen LogP contribution in [0, 0.1) is 0 Å². The fourth-order valence-electron chi connectivity index (χ4n) is 1.48. The van der Waals surface area contributed by atoms with Gasteiger partial charge in [0.25, 0.3) is 0 Å². The maximum atomic E-state index is 4.59. The Morgan fingerprint density at radius 2 is 1.17 bits per heavy atom. The second-order valence-corrected chi connectivity index (χ2v) is 7.07. The quantitative estimate of drug-likeness (QED) is 0.561. The molecule has 0 saturated carbocycles. The Labute approximate surface area is 118 Å². The molecule has 0 aliphatic rings. The number of fused-ring (bicyclic) bond motifs is 1. The second kappa shape index (κ2) is 4.16. The summed E-state index contributed by atoms with van der Waals surface area (Å²) >= 11 is 6.37. The molecule has 0 aliphatic heterocycles. The van der Waals surface area contributed by atoms with Crippen molar-refractivity contribution < 1.29 is 0 Å². The van der Waals surface area contributed by atoms with E-state index in [1.807, 2.05) is 10.8 Å². The van der Waals surface area contributed by atoms with Crippen molar-refractivity contribution in [3.05, 3.63) is 23.2 Å². The summed E-state index contributed by atoms with van der Waals surface area (Å²) in [5, 5.41) is 7.73. The van der Waals surface area contributed by atoms with Crippen LogP contribution < -0.4 is 0 Å². The molecule has 0 aliphatic carbocycles. The molecule has 0 fully saturated rings. The van der Waals surface area contributed by atoms with Crippen LogP contribution in [0.1, 0.15) is 0 Å². The van der Waals surface area contributed by atoms with Gasteiger partial charge in [0, 0.05) is 23.2 Å². The van der Waals surface area contributed by atoms with Crippen molar-refractivity contribution >= 4 is 55.0 Å². The highest BCUT2D eigenvalue weighted by molar-refractivity contribution is 7.31. The molecule has 4 heterocycles. The molecular formula is C10H4N4S4. The van der Waals surface area contributed by atoms with E-state index in [-0.39, 0.29) is 0 Å². The van der Waals surface area contributed by atoms with Gasteiger partial charge in [-0.1, -0.05) is 22.7 Å². The van der Waals surface area contributed by atoms with Gasteiger partial charge >= 0.3 is 0 Å². The lowest BCUT2D eigenvalue weighted by Gasteiger charge is -1.86. The van der Waals surface area contributed by atoms with Crippen molar-refractivity contribution in [2.45, 2.75) is 0 Å². The summed E-state index contributed by atoms with van der Waals surface area (Å²) in [6, 6.07) is 0. The standard InChI is InChI=1S/C10H4N4S4/c1-3-15-5(11-1)7-13-9-10(17-7)14-8(18-9)6-12-2-4-16-6/h1-4H. The number of thiazole rings is 4. The van der Waals surface area contributed by atoms with E-state index in [9.17, 15) is 0 Å². The van der Waals surface area contributed by atoms with Gasteiger partial charge < -0.3 is 0 Å². The maximum absolute atomic E-state index is 4.59. The Kier molecular flexibility index (Phi) is 2.47. The van der Waals surface area contributed by atoms with Gasteiger partial charge in [0.15, 0.2) is 29.7 Å². The molecule has 0 N–H and O–H groups in total. The van der Waals surface area contributed by atoms with Crippen molar-refractivity contribution in [2.75, 3.05) is 0 Å². The van der Waals surface area contributed by atoms with Crippen LogP contribution in [0.25, 0.3) is 29.7 Å². The fourth-order valence-corrected chi connectivity index (χ4v) is 4.88. The van der Waals surface area contributed by atoms with Crippen LogP contribution in [-0.2, 0) is 0 Å². The highest BCUT2D eigenvalue weighted by Crippen LogP contribution is 2.37. The van der Waals surface area contributed by atoms with Gasteiger partial charge in [0.2, 0.25) is 0 Å². The van der Waals surface area contributed by atoms with Crippen LogP contribution in [0.4, 0.5) is 0 Å². The molecule has 18 heavy (non-hydrogen) atoms. The summed E-state index contributed by atoms with van der Waals surface area (Å²) in [6.45, 7) is 0. The zero-order chi connectivity index (χ0) is 11.9. The Morgan fingerprint density at radius 1 is 0.667 bits per heavy atom. The third-order valence-electron chi connectivity index (χ3n) is 2.21. The number of rotatable bonds is 2. The maximum Gasteiger partial charge on any atom is 0.156 e. The van der Waals surface area contributed by atoms with E-state index < -0.39 is 0 Å². The number of hydrogen-bond donors (Lipinski definition) is 0. The molecule has 0 saturated heterocycles. The van der Waals surface area contributed by atoms with Gasteiger partial charge in [-0.15, -0.1) is 22.7 Å². The van der Waals surface area contributed by atoms with E-state index in [2.05, 4.69) is 19.9 Å². The first-order chi connectivity index (χ1) is 8.90. The van der Waals surface area contributed by atoms with Gasteiger partial charge in [-0.25, -0.2) is 19.9 Å². The van der Waals surface area contributed by atoms with Crippen molar-refractivity contribution in [1.82, 2.24) is 19.9 Å². The van der Waals surface area contributed by atoms with Crippen molar-refractivity contribution in [3.8, 4) is 20.0 Å². The normalized spacial score (nSPS) is 11.3. The zero-order valence-electron chi connectivity index (χ0n) is 8.73. The van der Waals surface area contributed by atoms with Crippen LogP contribution in [0.2, 0.25) is 0 Å². The van der Waals surface area contributed by atoms with Gasteiger partial charge in [-0.2, -0.15) is 0 Å². The van der Waals surface area contributed by atoms with Crippen LogP contribution >= 0.6 is 45.3 Å². The molecule has 0 unspecified atom stereocenters. The monoisotopic (exact) mass is 308 g/mol. The summed E-state index contributed by atoms with van der Waals surface area (Å²) in [5.41, 5.74) is 0. The lowest BCUT2D eigenvalue weighted by molar-refractivity contribution is 1.38. The van der Waals surface area contributed by atoms with Crippen molar-refractivity contribution in [2.24, 2.45) is 0 Å². The lowest BCUT2D eigenvalue weighted by atomic mass is 10.7. The lowest BCUT2D eigenvalue weighted by Crippen LogP contribution is -1.72. The molecule has 4 aromatic heterocycles. The van der Waals surface area contributed by atoms with E-state index in [4.69, 9.17) is 0 Å². The first kappa shape index (κ1) is 10.7. The van der Waals surface area contributed by atoms with Gasteiger partial charge in [-0.3, -0.25) is 0 Å². The van der Waals surface area contributed by atoms with Crippen LogP contribution in [-0.4, -0.2) is 19.9 Å². The predicted molar refractivity (Wildman–Crippen MR) is 77.5 cm³/mol. The summed E-state index contributed by atoms with van der Waals surface area (Å²) in [7, 11) is 0. The smallest absolute Gasteiger partial charge is 0.156 e. The minimum Gasteiger partial charge on any atom is -0.242 e. The average molecular weight is 308 g/mol. The molecule has 0 atom stereocenters. The molecule has 4 rings (SSSR count). The minimum atomic E-state index is 0.949. The number of hydrogen-bond acceptors (Lipinski definition) is 8. The second-order valence-electron chi connectivity index (χ2n) is 3.32. The SMILES string of the molecule is c1csc(-c2nc3sc(-c4nccs4)nc3s2)n1. The first-order valence-electron chi connectivity index (χ1n) is 4.97. The number of nitrogens with zero attached hydrogens (tertiary/aromatic N) is 4. The average Bonchev–Trinajstić information content (AvgIpc) is 3.13.